The van der Waals surface area contributed by atoms with Crippen molar-refractivity contribution < 1.29 is 13.7 Å². The van der Waals surface area contributed by atoms with Gasteiger partial charge in [0.1, 0.15) is 6.04 Å². The molecule has 1 atom stereocenters. The number of para-hydroxylation sites is 1. The van der Waals surface area contributed by atoms with Crippen LogP contribution in [0, 0.1) is 0 Å². The fourth-order valence-electron chi connectivity index (χ4n) is 2.77. The van der Waals surface area contributed by atoms with E-state index in [-0.39, 0.29) is 12.5 Å². The summed E-state index contributed by atoms with van der Waals surface area (Å²) in [5.41, 5.74) is 1.56. The smallest absolute Gasteiger partial charge is 0.246 e. The van der Waals surface area contributed by atoms with Crippen LogP contribution in [0.2, 0.25) is 0 Å². The van der Waals surface area contributed by atoms with Crippen molar-refractivity contribution in [3.63, 3.8) is 0 Å². The van der Waals surface area contributed by atoms with Crippen molar-refractivity contribution in [2.75, 3.05) is 5.32 Å². The number of hydrogen-bond acceptors (Lipinski definition) is 6. The van der Waals surface area contributed by atoms with Gasteiger partial charge in [0.15, 0.2) is 5.76 Å². The molecule has 28 heavy (non-hydrogen) atoms. The van der Waals surface area contributed by atoms with Gasteiger partial charge in [0.05, 0.1) is 12.8 Å². The van der Waals surface area contributed by atoms with Crippen LogP contribution in [-0.2, 0) is 11.3 Å². The first-order valence-electron chi connectivity index (χ1n) is 8.80. The molecule has 7 nitrogen and oxygen atoms in total. The number of amides is 1. The number of nitrogens with one attached hydrogen (secondary N) is 2. The minimum absolute atomic E-state index is 0.178. The van der Waals surface area contributed by atoms with Crippen LogP contribution >= 0.6 is 0 Å². The third-order valence-electron chi connectivity index (χ3n) is 4.10. The second kappa shape index (κ2) is 8.32. The first-order valence-corrected chi connectivity index (χ1v) is 8.80. The van der Waals surface area contributed by atoms with Gasteiger partial charge in [-0.2, -0.15) is 4.98 Å². The Balaban J connectivity index is 1.49. The predicted molar refractivity (Wildman–Crippen MR) is 103 cm³/mol. The molecular weight excluding hydrogens is 356 g/mol. The summed E-state index contributed by atoms with van der Waals surface area (Å²) in [7, 11) is 0. The van der Waals surface area contributed by atoms with E-state index >= 15 is 0 Å². The van der Waals surface area contributed by atoms with Crippen LogP contribution in [0.3, 0.4) is 0 Å². The van der Waals surface area contributed by atoms with Crippen molar-refractivity contribution in [2.45, 2.75) is 12.6 Å². The predicted octanol–water partition coefficient (Wildman–Crippen LogP) is 3.80. The Bertz CT molecular complexity index is 1010. The molecule has 0 saturated heterocycles. The molecule has 0 fully saturated rings. The molecule has 4 rings (SSSR count). The first-order chi connectivity index (χ1) is 13.8. The highest BCUT2D eigenvalue weighted by atomic mass is 16.5. The summed E-state index contributed by atoms with van der Waals surface area (Å²) in [5, 5.41) is 10.0. The normalized spacial score (nSPS) is 11.9. The van der Waals surface area contributed by atoms with Crippen LogP contribution in [-0.4, -0.2) is 16.0 Å². The number of nitrogens with zero attached hydrogens (tertiary/aromatic N) is 2. The average molecular weight is 374 g/mol. The van der Waals surface area contributed by atoms with Crippen LogP contribution in [0.15, 0.2) is 88.0 Å². The van der Waals surface area contributed by atoms with E-state index in [1.807, 2.05) is 60.7 Å². The van der Waals surface area contributed by atoms with Gasteiger partial charge in [-0.25, -0.2) is 0 Å². The van der Waals surface area contributed by atoms with Crippen molar-refractivity contribution in [3.05, 3.63) is 90.5 Å². The minimum Gasteiger partial charge on any atom is -0.461 e. The molecule has 2 N–H and O–H groups in total. The van der Waals surface area contributed by atoms with Crippen molar-refractivity contribution in [1.82, 2.24) is 15.5 Å². The van der Waals surface area contributed by atoms with Crippen molar-refractivity contribution in [3.8, 4) is 11.6 Å². The molecule has 2 heterocycles. The van der Waals surface area contributed by atoms with Crippen LogP contribution in [0.5, 0.6) is 0 Å². The molecule has 0 radical (unpaired) electrons. The molecule has 0 aliphatic carbocycles. The largest absolute Gasteiger partial charge is 0.461 e. The fraction of sp³-hybridized carbons (Fsp3) is 0.0952. The Labute approximate surface area is 161 Å². The first kappa shape index (κ1) is 17.7. The van der Waals surface area contributed by atoms with Gasteiger partial charge in [-0.05, 0) is 29.8 Å². The van der Waals surface area contributed by atoms with Crippen LogP contribution in [0.4, 0.5) is 5.69 Å². The fourth-order valence-corrected chi connectivity index (χ4v) is 2.77. The average Bonchev–Trinajstić information content (AvgIpc) is 3.42. The third-order valence-corrected chi connectivity index (χ3v) is 4.10. The second-order valence-corrected chi connectivity index (χ2v) is 6.07. The lowest BCUT2D eigenvalue weighted by atomic mass is 10.1. The molecule has 2 aromatic heterocycles. The Morgan fingerprint density at radius 3 is 2.43 bits per heavy atom. The number of anilines is 1. The lowest BCUT2D eigenvalue weighted by molar-refractivity contribution is -0.118. The maximum absolute atomic E-state index is 12.9. The quantitative estimate of drug-likeness (QED) is 0.511. The maximum Gasteiger partial charge on any atom is 0.246 e. The molecule has 0 aliphatic heterocycles. The van der Waals surface area contributed by atoms with Gasteiger partial charge in [-0.15, -0.1) is 0 Å². The van der Waals surface area contributed by atoms with Gasteiger partial charge >= 0.3 is 0 Å². The molecule has 0 aliphatic rings. The standard InChI is InChI=1S/C21H18N4O3/c26-21(23-16-10-5-2-6-11-16)19(15-8-3-1-4-9-15)22-14-18-24-20(25-28-18)17-12-7-13-27-17/h1-13,19,22H,14H2,(H,23,26)/t19-/m1/s1. The van der Waals surface area contributed by atoms with Gasteiger partial charge in [0, 0.05) is 5.69 Å². The Kier molecular flexibility index (Phi) is 5.26. The van der Waals surface area contributed by atoms with Gasteiger partial charge < -0.3 is 14.3 Å². The molecule has 1 amide bonds. The lowest BCUT2D eigenvalue weighted by Gasteiger charge is -2.18. The van der Waals surface area contributed by atoms with Gasteiger partial charge in [0.25, 0.3) is 0 Å². The summed E-state index contributed by atoms with van der Waals surface area (Å²) in [5.74, 6) is 1.08. The van der Waals surface area contributed by atoms with E-state index in [0.717, 1.165) is 11.3 Å². The SMILES string of the molecule is O=C(Nc1ccccc1)[C@H](NCc1nc(-c2ccco2)no1)c1ccccc1. The number of rotatable bonds is 7. The van der Waals surface area contributed by atoms with E-state index in [0.29, 0.717) is 17.5 Å². The highest BCUT2D eigenvalue weighted by Crippen LogP contribution is 2.18. The van der Waals surface area contributed by atoms with Gasteiger partial charge in [-0.1, -0.05) is 53.7 Å². The number of carbonyl (C=O) groups is 1. The van der Waals surface area contributed by atoms with Crippen molar-refractivity contribution in [1.29, 1.82) is 0 Å². The zero-order valence-corrected chi connectivity index (χ0v) is 14.9. The molecule has 0 spiro atoms. The number of hydrogen-bond donors (Lipinski definition) is 2. The van der Waals surface area contributed by atoms with Gasteiger partial charge in [0.2, 0.25) is 17.6 Å². The van der Waals surface area contributed by atoms with E-state index in [9.17, 15) is 4.79 Å². The molecule has 4 aromatic rings. The highest BCUT2D eigenvalue weighted by Gasteiger charge is 2.21. The van der Waals surface area contributed by atoms with E-state index in [2.05, 4.69) is 20.8 Å². The van der Waals surface area contributed by atoms with Gasteiger partial charge in [-0.3, -0.25) is 10.1 Å². The van der Waals surface area contributed by atoms with Crippen LogP contribution in [0.25, 0.3) is 11.6 Å². The third kappa shape index (κ3) is 4.16. The number of aromatic nitrogens is 2. The molecule has 140 valence electrons. The van der Waals surface area contributed by atoms with E-state index < -0.39 is 6.04 Å². The van der Waals surface area contributed by atoms with E-state index in [1.165, 1.54) is 0 Å². The Hall–Kier alpha value is -3.71. The van der Waals surface area contributed by atoms with Crippen LogP contribution in [0.1, 0.15) is 17.5 Å². The lowest BCUT2D eigenvalue weighted by Crippen LogP contribution is -2.32. The summed E-state index contributed by atoms with van der Waals surface area (Å²) in [4.78, 5) is 17.2. The second-order valence-electron chi connectivity index (χ2n) is 6.07. The molecule has 0 unspecified atom stereocenters. The minimum atomic E-state index is -0.583. The summed E-state index contributed by atoms with van der Waals surface area (Å²) in [6.07, 6.45) is 1.54. The zero-order valence-electron chi connectivity index (χ0n) is 14.9. The number of carbonyl (C=O) groups excluding carboxylic acids is 1. The zero-order chi connectivity index (χ0) is 19.2. The topological polar surface area (TPSA) is 93.2 Å². The van der Waals surface area contributed by atoms with Crippen molar-refractivity contribution >= 4 is 11.6 Å². The molecule has 0 saturated carbocycles. The highest BCUT2D eigenvalue weighted by molar-refractivity contribution is 5.95. The molecule has 7 heteroatoms. The Morgan fingerprint density at radius 2 is 1.71 bits per heavy atom. The number of benzene rings is 2. The Morgan fingerprint density at radius 1 is 0.964 bits per heavy atom. The maximum atomic E-state index is 12.9. The van der Waals surface area contributed by atoms with Crippen molar-refractivity contribution in [2.24, 2.45) is 0 Å². The van der Waals surface area contributed by atoms with E-state index in [1.54, 1.807) is 18.4 Å². The van der Waals surface area contributed by atoms with Crippen LogP contribution < -0.4 is 10.6 Å². The monoisotopic (exact) mass is 374 g/mol. The summed E-state index contributed by atoms with van der Waals surface area (Å²) in [6.45, 7) is 0.232. The molecule has 2 aromatic carbocycles. The molecular formula is C21H18N4O3. The molecule has 0 bridgehead atoms. The van der Waals surface area contributed by atoms with E-state index in [4.69, 9.17) is 8.94 Å². The summed E-state index contributed by atoms with van der Waals surface area (Å²) >= 11 is 0. The summed E-state index contributed by atoms with van der Waals surface area (Å²) < 4.78 is 10.5. The summed E-state index contributed by atoms with van der Waals surface area (Å²) in [6, 6.07) is 21.7. The number of furan rings is 1.